The molecule has 0 unspecified atom stereocenters. The molecule has 50 heavy (non-hydrogen) atoms. The molecule has 0 aliphatic heterocycles. The summed E-state index contributed by atoms with van der Waals surface area (Å²) in [5.74, 6) is -0.733. The summed E-state index contributed by atoms with van der Waals surface area (Å²) in [6.07, 6.45) is -1.21. The number of amides is 4. The average molecular weight is 731 g/mol. The molecule has 0 bridgehead atoms. The molecule has 0 fully saturated rings. The Balaban J connectivity index is 1.70. The third-order valence-corrected chi connectivity index (χ3v) is 9.60. The van der Waals surface area contributed by atoms with E-state index in [1.165, 1.54) is 18.3 Å². The molecule has 0 saturated carbocycles. The van der Waals surface area contributed by atoms with Crippen LogP contribution >= 0.6 is 11.3 Å². The van der Waals surface area contributed by atoms with Crippen molar-refractivity contribution in [3.63, 3.8) is 0 Å². The van der Waals surface area contributed by atoms with Crippen molar-refractivity contribution in [1.82, 2.24) is 20.1 Å². The van der Waals surface area contributed by atoms with Crippen LogP contribution in [0.3, 0.4) is 0 Å². The van der Waals surface area contributed by atoms with Gasteiger partial charge in [-0.1, -0.05) is 24.3 Å². The molecule has 16 heteroatoms. The maximum atomic E-state index is 13.0. The Morgan fingerprint density at radius 3 is 1.80 bits per heavy atom. The molecule has 1 aromatic heterocycles. The standard InChI is InChI=1S/C34H46N6O8S2/c1-21(41)36-29-38-26(27(49-29)19-23-11-16-25(17-12-23)50(8,47)48)18-13-22-9-14-24(15-10-22)37-28(42)20-35-30(39(31(43)44)33(2,3)4)40(32(45)46)34(5,6)7/h9-12,14-17,30,35H,13,18-20H2,1-8H3,(H,37,42)(H,43,44)(H,45,46)(H,36,38,41). The zero-order chi connectivity index (χ0) is 37.6. The number of benzene rings is 2. The number of sulfone groups is 1. The van der Waals surface area contributed by atoms with Crippen LogP contribution < -0.4 is 16.0 Å². The van der Waals surface area contributed by atoms with E-state index in [9.17, 15) is 37.8 Å². The largest absolute Gasteiger partial charge is 0.465 e. The lowest BCUT2D eigenvalue weighted by atomic mass is 10.0. The third-order valence-electron chi connectivity index (χ3n) is 7.46. The highest BCUT2D eigenvalue weighted by Crippen LogP contribution is 2.28. The van der Waals surface area contributed by atoms with Crippen LogP contribution in [0, 0.1) is 0 Å². The maximum absolute atomic E-state index is 13.0. The number of nitrogens with one attached hydrogen (secondary N) is 3. The van der Waals surface area contributed by atoms with Gasteiger partial charge in [-0.25, -0.2) is 23.0 Å². The fraction of sp³-hybridized carbons (Fsp3) is 0.441. The van der Waals surface area contributed by atoms with Crippen molar-refractivity contribution < 1.29 is 37.8 Å². The van der Waals surface area contributed by atoms with E-state index >= 15 is 0 Å². The number of carboxylic acid groups (broad SMARTS) is 2. The second-order valence-electron chi connectivity index (χ2n) is 13.8. The minimum absolute atomic E-state index is 0.237. The quantitative estimate of drug-likeness (QED) is 0.145. The van der Waals surface area contributed by atoms with E-state index in [0.717, 1.165) is 37.8 Å². The van der Waals surface area contributed by atoms with Gasteiger partial charge in [-0.3, -0.25) is 24.7 Å². The Bertz CT molecular complexity index is 1760. The van der Waals surface area contributed by atoms with Crippen LogP contribution in [0.5, 0.6) is 0 Å². The van der Waals surface area contributed by atoms with E-state index in [1.54, 1.807) is 77.9 Å². The molecule has 272 valence electrons. The first-order valence-corrected chi connectivity index (χ1v) is 18.5. The van der Waals surface area contributed by atoms with Gasteiger partial charge in [0.05, 0.1) is 17.1 Å². The molecule has 0 saturated heterocycles. The van der Waals surface area contributed by atoms with Crippen LogP contribution in [-0.2, 0) is 38.7 Å². The Labute approximate surface area is 296 Å². The van der Waals surface area contributed by atoms with E-state index in [4.69, 9.17) is 0 Å². The Morgan fingerprint density at radius 1 is 0.820 bits per heavy atom. The molecule has 4 amide bonds. The Kier molecular flexibility index (Phi) is 12.8. The zero-order valence-corrected chi connectivity index (χ0v) is 31.2. The van der Waals surface area contributed by atoms with Crippen molar-refractivity contribution in [2.75, 3.05) is 23.4 Å². The summed E-state index contributed by atoms with van der Waals surface area (Å²) in [5, 5.41) is 28.8. The maximum Gasteiger partial charge on any atom is 0.410 e. The van der Waals surface area contributed by atoms with Crippen molar-refractivity contribution in [1.29, 1.82) is 0 Å². The topological polar surface area (TPSA) is 198 Å². The van der Waals surface area contributed by atoms with E-state index < -0.39 is 45.3 Å². The molecule has 3 rings (SSSR count). The van der Waals surface area contributed by atoms with Gasteiger partial charge in [0.15, 0.2) is 21.3 Å². The first-order chi connectivity index (χ1) is 23.1. The van der Waals surface area contributed by atoms with Gasteiger partial charge >= 0.3 is 12.2 Å². The predicted octanol–water partition coefficient (Wildman–Crippen LogP) is 5.25. The molecule has 14 nitrogen and oxygen atoms in total. The molecule has 2 aromatic carbocycles. The molecule has 3 aromatic rings. The molecule has 0 spiro atoms. The summed E-state index contributed by atoms with van der Waals surface area (Å²) in [4.78, 5) is 56.9. The number of hydrogen-bond acceptors (Lipinski definition) is 9. The predicted molar refractivity (Wildman–Crippen MR) is 192 cm³/mol. The summed E-state index contributed by atoms with van der Waals surface area (Å²) in [6.45, 7) is 10.9. The highest BCUT2D eigenvalue weighted by molar-refractivity contribution is 7.90. The van der Waals surface area contributed by atoms with Crippen LogP contribution in [0.15, 0.2) is 53.4 Å². The van der Waals surface area contributed by atoms with Crippen molar-refractivity contribution in [2.24, 2.45) is 0 Å². The number of rotatable bonds is 13. The van der Waals surface area contributed by atoms with Gasteiger partial charge in [0.1, 0.15) is 0 Å². The molecule has 0 aliphatic carbocycles. The summed E-state index contributed by atoms with van der Waals surface area (Å²) < 4.78 is 23.7. The molecular weight excluding hydrogens is 685 g/mol. The Hall–Kier alpha value is -4.54. The lowest BCUT2D eigenvalue weighted by molar-refractivity contribution is -0.117. The number of hydrogen-bond donors (Lipinski definition) is 5. The molecule has 0 atom stereocenters. The number of aryl methyl sites for hydroxylation is 2. The number of anilines is 2. The fourth-order valence-corrected chi connectivity index (χ4v) is 6.90. The van der Waals surface area contributed by atoms with Crippen LogP contribution in [-0.4, -0.2) is 87.6 Å². The van der Waals surface area contributed by atoms with E-state index in [1.807, 2.05) is 12.1 Å². The van der Waals surface area contributed by atoms with Gasteiger partial charge in [-0.05, 0) is 89.8 Å². The highest BCUT2D eigenvalue weighted by atomic mass is 32.2. The number of aromatic nitrogens is 1. The monoisotopic (exact) mass is 730 g/mol. The second-order valence-corrected chi connectivity index (χ2v) is 16.9. The lowest BCUT2D eigenvalue weighted by Crippen LogP contribution is -2.68. The van der Waals surface area contributed by atoms with Crippen LogP contribution in [0.4, 0.5) is 20.4 Å². The van der Waals surface area contributed by atoms with E-state index in [0.29, 0.717) is 30.1 Å². The minimum Gasteiger partial charge on any atom is -0.465 e. The molecule has 0 radical (unpaired) electrons. The number of carbonyl (C=O) groups excluding carboxylic acids is 2. The fourth-order valence-electron chi connectivity index (χ4n) is 5.18. The molecular formula is C34H46N6O8S2. The van der Waals surface area contributed by atoms with Gasteiger partial charge in [0.2, 0.25) is 11.8 Å². The summed E-state index contributed by atoms with van der Waals surface area (Å²) in [6, 6.07) is 13.8. The normalized spacial score (nSPS) is 12.0. The Morgan fingerprint density at radius 2 is 1.34 bits per heavy atom. The average Bonchev–Trinajstić information content (AvgIpc) is 3.33. The van der Waals surface area contributed by atoms with Crippen molar-refractivity contribution in [2.45, 2.75) is 90.0 Å². The summed E-state index contributed by atoms with van der Waals surface area (Å²) in [5.41, 5.74) is 1.18. The van der Waals surface area contributed by atoms with Crippen LogP contribution in [0.2, 0.25) is 0 Å². The van der Waals surface area contributed by atoms with E-state index in [2.05, 4.69) is 20.9 Å². The lowest BCUT2D eigenvalue weighted by Gasteiger charge is -2.48. The summed E-state index contributed by atoms with van der Waals surface area (Å²) >= 11 is 1.37. The van der Waals surface area contributed by atoms with Gasteiger partial charge in [-0.2, -0.15) is 0 Å². The van der Waals surface area contributed by atoms with Crippen LogP contribution in [0.1, 0.15) is 70.2 Å². The van der Waals surface area contributed by atoms with Crippen LogP contribution in [0.25, 0.3) is 0 Å². The van der Waals surface area contributed by atoms with Crippen molar-refractivity contribution >= 4 is 56.0 Å². The van der Waals surface area contributed by atoms with Gasteiger partial charge < -0.3 is 20.8 Å². The molecule has 0 aliphatic rings. The second kappa shape index (κ2) is 16.0. The molecule has 1 heterocycles. The van der Waals surface area contributed by atoms with Crippen molar-refractivity contribution in [3.05, 3.63) is 70.2 Å². The van der Waals surface area contributed by atoms with E-state index in [-0.39, 0.29) is 17.3 Å². The van der Waals surface area contributed by atoms with Crippen molar-refractivity contribution in [3.8, 4) is 0 Å². The summed E-state index contributed by atoms with van der Waals surface area (Å²) in [7, 11) is -3.31. The highest BCUT2D eigenvalue weighted by Gasteiger charge is 2.43. The van der Waals surface area contributed by atoms with Gasteiger partial charge in [-0.15, -0.1) is 11.3 Å². The third kappa shape index (κ3) is 11.2. The van der Waals surface area contributed by atoms with Gasteiger partial charge in [0.25, 0.3) is 0 Å². The molecule has 5 N–H and O–H groups in total. The zero-order valence-electron chi connectivity index (χ0n) is 29.5. The smallest absolute Gasteiger partial charge is 0.410 e. The first-order valence-electron chi connectivity index (χ1n) is 15.8. The minimum atomic E-state index is -3.31. The SMILES string of the molecule is CC(=O)Nc1nc(CCc2ccc(NC(=O)CNC(N(C(=O)O)C(C)(C)C)N(C(=O)O)C(C)(C)C)cc2)c(Cc2ccc(S(C)(=O)=O)cc2)s1. The first kappa shape index (κ1) is 39.9. The number of thiazole rings is 1. The van der Waals surface area contributed by atoms with Gasteiger partial charge in [0, 0.05) is 41.2 Å². The number of carbonyl (C=O) groups is 4. The number of nitrogens with zero attached hydrogens (tertiary/aromatic N) is 3.